The molecule has 0 N–H and O–H groups in total. The van der Waals surface area contributed by atoms with Crippen molar-refractivity contribution in [2.24, 2.45) is 0 Å². The van der Waals surface area contributed by atoms with Gasteiger partial charge in [0.25, 0.3) is 5.91 Å². The van der Waals surface area contributed by atoms with Crippen molar-refractivity contribution in [2.45, 2.75) is 0 Å². The molecule has 0 radical (unpaired) electrons. The Hall–Kier alpha value is -3.66. The number of rotatable bonds is 3. The minimum absolute atomic E-state index is 0.0329. The number of aromatic nitrogens is 3. The maximum absolute atomic E-state index is 12.8. The fourth-order valence-electron chi connectivity index (χ4n) is 3.17. The van der Waals surface area contributed by atoms with E-state index < -0.39 is 0 Å². The monoisotopic (exact) mass is 358 g/mol. The molecule has 0 saturated carbocycles. The molecule has 1 saturated heterocycles. The molecule has 27 heavy (non-hydrogen) atoms. The van der Waals surface area contributed by atoms with E-state index in [-0.39, 0.29) is 5.91 Å². The highest BCUT2D eigenvalue weighted by Crippen LogP contribution is 2.17. The molecular weight excluding hydrogens is 340 g/mol. The molecule has 1 amide bonds. The molecule has 3 aromatic rings. The molecule has 1 aromatic carbocycles. The van der Waals surface area contributed by atoms with Crippen molar-refractivity contribution in [3.63, 3.8) is 0 Å². The minimum Gasteiger partial charge on any atom is -0.353 e. The molecule has 0 atom stereocenters. The standard InChI is InChI=1S/C20H18N6O/c21-14-16-5-6-23-19(13-16)24-9-11-25(12-10-24)20(27)17-1-3-18(4-2-17)26-8-7-22-15-26/h1-8,13,15H,9-12H2. The third kappa shape index (κ3) is 3.51. The van der Waals surface area contributed by atoms with Crippen LogP contribution in [0.15, 0.2) is 61.3 Å². The first-order valence-corrected chi connectivity index (χ1v) is 8.73. The number of nitriles is 1. The summed E-state index contributed by atoms with van der Waals surface area (Å²) in [5, 5.41) is 9.03. The van der Waals surface area contributed by atoms with Crippen LogP contribution >= 0.6 is 0 Å². The normalized spacial score (nSPS) is 14.0. The number of nitrogens with zero attached hydrogens (tertiary/aromatic N) is 6. The van der Waals surface area contributed by atoms with Gasteiger partial charge in [0.15, 0.2) is 0 Å². The van der Waals surface area contributed by atoms with Crippen LogP contribution in [0.4, 0.5) is 5.82 Å². The number of hydrogen-bond donors (Lipinski definition) is 0. The quantitative estimate of drug-likeness (QED) is 0.716. The fourth-order valence-corrected chi connectivity index (χ4v) is 3.17. The second-order valence-electron chi connectivity index (χ2n) is 6.31. The Kier molecular flexibility index (Phi) is 4.54. The maximum Gasteiger partial charge on any atom is 0.253 e. The predicted molar refractivity (Wildman–Crippen MR) is 101 cm³/mol. The van der Waals surface area contributed by atoms with Crippen molar-refractivity contribution in [3.05, 3.63) is 72.4 Å². The van der Waals surface area contributed by atoms with Gasteiger partial charge in [-0.2, -0.15) is 5.26 Å². The van der Waals surface area contributed by atoms with Crippen LogP contribution in [0.3, 0.4) is 0 Å². The zero-order valence-electron chi connectivity index (χ0n) is 14.7. The minimum atomic E-state index is 0.0329. The summed E-state index contributed by atoms with van der Waals surface area (Å²) in [7, 11) is 0. The van der Waals surface area contributed by atoms with Crippen LogP contribution in [-0.2, 0) is 0 Å². The number of carbonyl (C=O) groups is 1. The van der Waals surface area contributed by atoms with E-state index in [0.717, 1.165) is 11.5 Å². The molecule has 1 aliphatic heterocycles. The van der Waals surface area contributed by atoms with E-state index in [2.05, 4.69) is 20.9 Å². The van der Waals surface area contributed by atoms with Gasteiger partial charge in [0.2, 0.25) is 0 Å². The van der Waals surface area contributed by atoms with E-state index in [0.29, 0.717) is 37.3 Å². The Morgan fingerprint density at radius 2 is 1.81 bits per heavy atom. The molecule has 4 rings (SSSR count). The number of hydrogen-bond acceptors (Lipinski definition) is 5. The number of benzene rings is 1. The number of imidazole rings is 1. The lowest BCUT2D eigenvalue weighted by molar-refractivity contribution is 0.0746. The Bertz CT molecular complexity index is 966. The van der Waals surface area contributed by atoms with Gasteiger partial charge in [-0.15, -0.1) is 0 Å². The molecular formula is C20H18N6O. The summed E-state index contributed by atoms with van der Waals surface area (Å²) in [6.45, 7) is 2.64. The highest BCUT2D eigenvalue weighted by atomic mass is 16.2. The average molecular weight is 358 g/mol. The SMILES string of the molecule is N#Cc1ccnc(N2CCN(C(=O)c3ccc(-n4ccnc4)cc3)CC2)c1. The van der Waals surface area contributed by atoms with Crippen LogP contribution < -0.4 is 4.90 Å². The van der Waals surface area contributed by atoms with Crippen molar-refractivity contribution in [1.82, 2.24) is 19.4 Å². The fraction of sp³-hybridized carbons (Fsp3) is 0.200. The largest absolute Gasteiger partial charge is 0.353 e. The summed E-state index contributed by atoms with van der Waals surface area (Å²) in [6, 6.07) is 13.1. The second-order valence-corrected chi connectivity index (χ2v) is 6.31. The van der Waals surface area contributed by atoms with Crippen LogP contribution in [0.2, 0.25) is 0 Å². The van der Waals surface area contributed by atoms with Crippen molar-refractivity contribution in [2.75, 3.05) is 31.1 Å². The van der Waals surface area contributed by atoms with Crippen LogP contribution in [0.25, 0.3) is 5.69 Å². The van der Waals surface area contributed by atoms with Crippen molar-refractivity contribution < 1.29 is 4.79 Å². The molecule has 7 heteroatoms. The Balaban J connectivity index is 1.40. The molecule has 0 aliphatic carbocycles. The summed E-state index contributed by atoms with van der Waals surface area (Å²) in [5.41, 5.74) is 2.24. The molecule has 1 fully saturated rings. The van der Waals surface area contributed by atoms with E-state index in [1.54, 1.807) is 30.9 Å². The molecule has 7 nitrogen and oxygen atoms in total. The highest BCUT2D eigenvalue weighted by molar-refractivity contribution is 5.94. The zero-order valence-corrected chi connectivity index (χ0v) is 14.7. The van der Waals surface area contributed by atoms with Crippen LogP contribution in [-0.4, -0.2) is 51.5 Å². The third-order valence-corrected chi connectivity index (χ3v) is 4.68. The number of pyridine rings is 1. The van der Waals surface area contributed by atoms with E-state index in [1.807, 2.05) is 39.9 Å². The molecule has 0 unspecified atom stereocenters. The van der Waals surface area contributed by atoms with Crippen molar-refractivity contribution in [1.29, 1.82) is 5.26 Å². The topological polar surface area (TPSA) is 78.0 Å². The molecule has 1 aliphatic rings. The first-order valence-electron chi connectivity index (χ1n) is 8.73. The summed E-state index contributed by atoms with van der Waals surface area (Å²) in [5.74, 6) is 0.816. The predicted octanol–water partition coefficient (Wildman–Crippen LogP) is 2.10. The Morgan fingerprint density at radius 3 is 2.48 bits per heavy atom. The lowest BCUT2D eigenvalue weighted by atomic mass is 10.1. The van der Waals surface area contributed by atoms with E-state index in [4.69, 9.17) is 5.26 Å². The first kappa shape index (κ1) is 16.8. The van der Waals surface area contributed by atoms with Gasteiger partial charge in [-0.3, -0.25) is 4.79 Å². The average Bonchev–Trinajstić information content (AvgIpc) is 3.28. The molecule has 2 aromatic heterocycles. The molecule has 134 valence electrons. The number of carbonyl (C=O) groups excluding carboxylic acids is 1. The third-order valence-electron chi connectivity index (χ3n) is 4.68. The van der Waals surface area contributed by atoms with Crippen LogP contribution in [0.5, 0.6) is 0 Å². The van der Waals surface area contributed by atoms with E-state index in [9.17, 15) is 4.79 Å². The molecule has 0 bridgehead atoms. The number of amides is 1. The van der Waals surface area contributed by atoms with Gasteiger partial charge in [-0.1, -0.05) is 0 Å². The molecule has 3 heterocycles. The first-order chi connectivity index (χ1) is 13.2. The lowest BCUT2D eigenvalue weighted by Gasteiger charge is -2.35. The van der Waals surface area contributed by atoms with Gasteiger partial charge < -0.3 is 14.4 Å². The van der Waals surface area contributed by atoms with Crippen molar-refractivity contribution >= 4 is 11.7 Å². The van der Waals surface area contributed by atoms with Gasteiger partial charge in [-0.05, 0) is 36.4 Å². The van der Waals surface area contributed by atoms with Gasteiger partial charge in [0, 0.05) is 56.0 Å². The van der Waals surface area contributed by atoms with E-state index >= 15 is 0 Å². The van der Waals surface area contributed by atoms with Gasteiger partial charge in [0.1, 0.15) is 5.82 Å². The zero-order chi connectivity index (χ0) is 18.6. The van der Waals surface area contributed by atoms with Crippen molar-refractivity contribution in [3.8, 4) is 11.8 Å². The van der Waals surface area contributed by atoms with Gasteiger partial charge in [-0.25, -0.2) is 9.97 Å². The lowest BCUT2D eigenvalue weighted by Crippen LogP contribution is -2.49. The van der Waals surface area contributed by atoms with Crippen LogP contribution in [0, 0.1) is 11.3 Å². The maximum atomic E-state index is 12.8. The summed E-state index contributed by atoms with van der Waals surface area (Å²) < 4.78 is 1.90. The number of anilines is 1. The summed E-state index contributed by atoms with van der Waals surface area (Å²) >= 11 is 0. The van der Waals surface area contributed by atoms with E-state index in [1.165, 1.54) is 0 Å². The summed E-state index contributed by atoms with van der Waals surface area (Å²) in [6.07, 6.45) is 6.96. The van der Waals surface area contributed by atoms with Crippen LogP contribution in [0.1, 0.15) is 15.9 Å². The Morgan fingerprint density at radius 1 is 1.04 bits per heavy atom. The number of piperazine rings is 1. The second kappa shape index (κ2) is 7.30. The summed E-state index contributed by atoms with van der Waals surface area (Å²) in [4.78, 5) is 25.1. The smallest absolute Gasteiger partial charge is 0.253 e. The molecule has 0 spiro atoms. The van der Waals surface area contributed by atoms with Gasteiger partial charge >= 0.3 is 0 Å². The Labute approximate surface area is 157 Å². The highest BCUT2D eigenvalue weighted by Gasteiger charge is 2.23. The van der Waals surface area contributed by atoms with Gasteiger partial charge in [0.05, 0.1) is 18.0 Å².